The largest absolute Gasteiger partial charge is 0.483 e. The predicted molar refractivity (Wildman–Crippen MR) is 108 cm³/mol. The van der Waals surface area contributed by atoms with Gasteiger partial charge in [0.2, 0.25) is 0 Å². The molecule has 3 rings (SSSR count). The Kier molecular flexibility index (Phi) is 6.24. The first-order valence-electron chi connectivity index (χ1n) is 8.99. The third kappa shape index (κ3) is 5.42. The van der Waals surface area contributed by atoms with Crippen LogP contribution in [0.1, 0.15) is 22.8 Å². The number of carbonyl (C=O) groups excluding carboxylic acids is 2. The number of hydrogen-bond donors (Lipinski definition) is 1. The molecule has 0 saturated carbocycles. The Balaban J connectivity index is 1.67. The van der Waals surface area contributed by atoms with Gasteiger partial charge in [-0.3, -0.25) is 9.59 Å². The smallest absolute Gasteiger partial charge is 0.262 e. The predicted octanol–water partition coefficient (Wildman–Crippen LogP) is 5.15. The van der Waals surface area contributed by atoms with Crippen molar-refractivity contribution in [1.82, 2.24) is 0 Å². The van der Waals surface area contributed by atoms with E-state index in [0.29, 0.717) is 17.2 Å². The monoisotopic (exact) mass is 393 g/mol. The second-order valence-corrected chi connectivity index (χ2v) is 6.44. The molecule has 0 saturated heterocycles. The lowest BCUT2D eigenvalue weighted by atomic mass is 10.1. The average molecular weight is 393 g/mol. The quantitative estimate of drug-likeness (QED) is 0.564. The molecule has 148 valence electrons. The number of ether oxygens (including phenoxy) is 2. The van der Waals surface area contributed by atoms with Crippen LogP contribution in [-0.4, -0.2) is 18.3 Å². The number of benzene rings is 3. The van der Waals surface area contributed by atoms with Gasteiger partial charge in [0.05, 0.1) is 11.3 Å². The molecule has 1 amide bonds. The summed E-state index contributed by atoms with van der Waals surface area (Å²) >= 11 is 0. The van der Waals surface area contributed by atoms with E-state index in [1.807, 2.05) is 31.2 Å². The van der Waals surface area contributed by atoms with Gasteiger partial charge >= 0.3 is 0 Å². The SMILES string of the molecule is CC(=O)c1cc(F)ccc1OCC(=O)Nc1ccccc1Oc1ccc(C)cc1. The number of amides is 1. The van der Waals surface area contributed by atoms with Gasteiger partial charge in [0.1, 0.15) is 17.3 Å². The van der Waals surface area contributed by atoms with Crippen LogP contribution in [0.2, 0.25) is 0 Å². The first-order valence-corrected chi connectivity index (χ1v) is 8.99. The van der Waals surface area contributed by atoms with Gasteiger partial charge in [0, 0.05) is 0 Å². The van der Waals surface area contributed by atoms with Crippen LogP contribution in [-0.2, 0) is 4.79 Å². The maximum Gasteiger partial charge on any atom is 0.262 e. The number of para-hydroxylation sites is 2. The van der Waals surface area contributed by atoms with Gasteiger partial charge in [0.25, 0.3) is 5.91 Å². The van der Waals surface area contributed by atoms with E-state index in [1.165, 1.54) is 19.1 Å². The Morgan fingerprint density at radius 2 is 1.69 bits per heavy atom. The zero-order chi connectivity index (χ0) is 20.8. The fourth-order valence-corrected chi connectivity index (χ4v) is 2.62. The van der Waals surface area contributed by atoms with Crippen molar-refractivity contribution < 1.29 is 23.5 Å². The maximum absolute atomic E-state index is 13.3. The van der Waals surface area contributed by atoms with Gasteiger partial charge in [-0.05, 0) is 56.3 Å². The highest BCUT2D eigenvalue weighted by Gasteiger charge is 2.13. The highest BCUT2D eigenvalue weighted by molar-refractivity contribution is 5.97. The summed E-state index contributed by atoms with van der Waals surface area (Å²) in [6.07, 6.45) is 0. The zero-order valence-electron chi connectivity index (χ0n) is 16.1. The molecule has 0 aliphatic carbocycles. The molecule has 0 fully saturated rings. The molecule has 3 aromatic carbocycles. The lowest BCUT2D eigenvalue weighted by Gasteiger charge is -2.13. The molecule has 1 N–H and O–H groups in total. The van der Waals surface area contributed by atoms with Crippen molar-refractivity contribution in [1.29, 1.82) is 0 Å². The van der Waals surface area contributed by atoms with Crippen molar-refractivity contribution in [3.8, 4) is 17.2 Å². The number of anilines is 1. The summed E-state index contributed by atoms with van der Waals surface area (Å²) in [5.41, 5.74) is 1.68. The molecule has 0 aliphatic heterocycles. The molecule has 6 heteroatoms. The Labute approximate surface area is 168 Å². The normalized spacial score (nSPS) is 10.3. The molecular formula is C23H20FNO4. The average Bonchev–Trinajstić information content (AvgIpc) is 2.70. The molecule has 3 aromatic rings. The van der Waals surface area contributed by atoms with Crippen LogP contribution in [0, 0.1) is 12.7 Å². The van der Waals surface area contributed by atoms with Gasteiger partial charge < -0.3 is 14.8 Å². The van der Waals surface area contributed by atoms with Crippen molar-refractivity contribution in [2.75, 3.05) is 11.9 Å². The number of nitrogens with one attached hydrogen (secondary N) is 1. The molecule has 0 aromatic heterocycles. The topological polar surface area (TPSA) is 64.6 Å². The fraction of sp³-hybridized carbons (Fsp3) is 0.130. The molecule has 0 heterocycles. The maximum atomic E-state index is 13.3. The van der Waals surface area contributed by atoms with E-state index in [4.69, 9.17) is 9.47 Å². The lowest BCUT2D eigenvalue weighted by molar-refractivity contribution is -0.118. The molecule has 0 bridgehead atoms. The molecule has 0 radical (unpaired) electrons. The van der Waals surface area contributed by atoms with Gasteiger partial charge in [-0.2, -0.15) is 0 Å². The van der Waals surface area contributed by atoms with E-state index in [2.05, 4.69) is 5.32 Å². The minimum absolute atomic E-state index is 0.0842. The molecule has 0 atom stereocenters. The van der Waals surface area contributed by atoms with E-state index in [0.717, 1.165) is 11.6 Å². The number of rotatable bonds is 7. The number of hydrogen-bond acceptors (Lipinski definition) is 4. The lowest BCUT2D eigenvalue weighted by Crippen LogP contribution is -2.21. The van der Waals surface area contributed by atoms with Crippen LogP contribution in [0.3, 0.4) is 0 Å². The first-order chi connectivity index (χ1) is 13.9. The summed E-state index contributed by atoms with van der Waals surface area (Å²) < 4.78 is 24.6. The number of ketones is 1. The number of aryl methyl sites for hydroxylation is 1. The Bertz CT molecular complexity index is 1030. The van der Waals surface area contributed by atoms with Crippen molar-refractivity contribution in [2.45, 2.75) is 13.8 Å². The minimum Gasteiger partial charge on any atom is -0.483 e. The van der Waals surface area contributed by atoms with Gasteiger partial charge in [-0.1, -0.05) is 29.8 Å². The summed E-state index contributed by atoms with van der Waals surface area (Å²) in [4.78, 5) is 24.0. The molecule has 5 nitrogen and oxygen atoms in total. The van der Waals surface area contributed by atoms with Crippen LogP contribution in [0.4, 0.5) is 10.1 Å². The Morgan fingerprint density at radius 3 is 2.41 bits per heavy atom. The number of Topliss-reactive ketones (excluding diaryl/α,β-unsaturated/α-hetero) is 1. The highest BCUT2D eigenvalue weighted by Crippen LogP contribution is 2.29. The first kappa shape index (κ1) is 20.1. The number of carbonyl (C=O) groups is 2. The second-order valence-electron chi connectivity index (χ2n) is 6.44. The highest BCUT2D eigenvalue weighted by atomic mass is 19.1. The Morgan fingerprint density at radius 1 is 0.966 bits per heavy atom. The number of halogens is 1. The van der Waals surface area contributed by atoms with E-state index in [9.17, 15) is 14.0 Å². The molecule has 0 unspecified atom stereocenters. The van der Waals surface area contributed by atoms with Gasteiger partial charge in [-0.15, -0.1) is 0 Å². The van der Waals surface area contributed by atoms with Gasteiger partial charge in [-0.25, -0.2) is 4.39 Å². The van der Waals surface area contributed by atoms with Crippen LogP contribution in [0.5, 0.6) is 17.2 Å². The van der Waals surface area contributed by atoms with E-state index in [1.54, 1.807) is 24.3 Å². The van der Waals surface area contributed by atoms with E-state index in [-0.39, 0.29) is 23.7 Å². The Hall–Kier alpha value is -3.67. The third-order valence-corrected chi connectivity index (χ3v) is 4.09. The van der Waals surface area contributed by atoms with Crippen molar-refractivity contribution in [2.24, 2.45) is 0 Å². The van der Waals surface area contributed by atoms with Crippen molar-refractivity contribution >= 4 is 17.4 Å². The van der Waals surface area contributed by atoms with Crippen LogP contribution in [0.15, 0.2) is 66.7 Å². The van der Waals surface area contributed by atoms with Crippen LogP contribution in [0.25, 0.3) is 0 Å². The third-order valence-electron chi connectivity index (χ3n) is 4.09. The summed E-state index contributed by atoms with van der Waals surface area (Å²) in [6, 6.07) is 18.1. The standard InChI is InChI=1S/C23H20FNO4/c1-15-7-10-18(11-8-15)29-22-6-4-3-5-20(22)25-23(27)14-28-21-12-9-17(24)13-19(21)16(2)26/h3-13H,14H2,1-2H3,(H,25,27). The van der Waals surface area contributed by atoms with Crippen LogP contribution >= 0.6 is 0 Å². The summed E-state index contributed by atoms with van der Waals surface area (Å²) in [5, 5.41) is 2.72. The minimum atomic E-state index is -0.547. The zero-order valence-corrected chi connectivity index (χ0v) is 16.1. The van der Waals surface area contributed by atoms with Crippen LogP contribution < -0.4 is 14.8 Å². The van der Waals surface area contributed by atoms with Crippen molar-refractivity contribution in [3.05, 3.63) is 83.7 Å². The second kappa shape index (κ2) is 9.01. The molecular weight excluding hydrogens is 373 g/mol. The summed E-state index contributed by atoms with van der Waals surface area (Å²) in [6.45, 7) is 2.95. The summed E-state index contributed by atoms with van der Waals surface area (Å²) in [5.74, 6) is -0.0603. The fourth-order valence-electron chi connectivity index (χ4n) is 2.62. The van der Waals surface area contributed by atoms with E-state index < -0.39 is 11.7 Å². The summed E-state index contributed by atoms with van der Waals surface area (Å²) in [7, 11) is 0. The molecule has 0 aliphatic rings. The van der Waals surface area contributed by atoms with Crippen molar-refractivity contribution in [3.63, 3.8) is 0 Å². The molecule has 29 heavy (non-hydrogen) atoms. The van der Waals surface area contributed by atoms with Gasteiger partial charge in [0.15, 0.2) is 18.1 Å². The van der Waals surface area contributed by atoms with E-state index >= 15 is 0 Å². The molecule has 0 spiro atoms.